The average molecular weight is 807 g/mol. The molecule has 0 atom stereocenters. The van der Waals surface area contributed by atoms with E-state index in [1.54, 1.807) is 0 Å². The third-order valence-electron chi connectivity index (χ3n) is 10.7. The zero-order valence-electron chi connectivity index (χ0n) is 33.2. The first kappa shape index (κ1) is 41.6. The van der Waals surface area contributed by atoms with Gasteiger partial charge in [0.1, 0.15) is 16.9 Å². The van der Waals surface area contributed by atoms with Crippen molar-refractivity contribution in [2.45, 2.75) is 61.4 Å². The number of para-hydroxylation sites is 4. The largest absolute Gasteiger partial charge is 0.327 e. The Labute approximate surface area is 359 Å². The van der Waals surface area contributed by atoms with Crippen molar-refractivity contribution in [2.75, 3.05) is 9.80 Å². The lowest BCUT2D eigenvalue weighted by Gasteiger charge is -2.25. The molecule has 7 heteroatoms. The molecular formula is C53H54N6S. The number of unbranched alkanes of at least 4 members (excludes halogenated alkanes) is 1. The minimum atomic E-state index is 0. The number of imidazole rings is 1. The number of rotatable bonds is 13. The van der Waals surface area contributed by atoms with Gasteiger partial charge in [0.05, 0.1) is 22.8 Å². The molecule has 0 unspecified atom stereocenters. The Kier molecular flexibility index (Phi) is 12.9. The van der Waals surface area contributed by atoms with Crippen LogP contribution in [0.1, 0.15) is 54.3 Å². The lowest BCUT2D eigenvalue weighted by Crippen LogP contribution is -2.10. The number of hydrogen-bond donors (Lipinski definition) is 0. The fourth-order valence-electron chi connectivity index (χ4n) is 8.06. The maximum Gasteiger partial charge on any atom is 0.115 e. The number of hydrogen-bond acceptors (Lipinski definition) is 6. The van der Waals surface area contributed by atoms with Crippen LogP contribution in [0.25, 0.3) is 44.3 Å². The minimum Gasteiger partial charge on any atom is -0.327 e. The summed E-state index contributed by atoms with van der Waals surface area (Å²) in [7, 11) is 0. The van der Waals surface area contributed by atoms with Gasteiger partial charge in [-0.25, -0.2) is 4.98 Å². The molecule has 9 rings (SSSR count). The van der Waals surface area contributed by atoms with Crippen molar-refractivity contribution >= 4 is 67.9 Å². The lowest BCUT2D eigenvalue weighted by molar-refractivity contribution is 0.513. The molecule has 9 aromatic rings. The van der Waals surface area contributed by atoms with Crippen LogP contribution in [-0.2, 0) is 13.0 Å². The predicted octanol–water partition coefficient (Wildman–Crippen LogP) is 15.6. The Balaban J connectivity index is 0.00000272. The summed E-state index contributed by atoms with van der Waals surface area (Å²) < 4.78 is 12.6. The zero-order chi connectivity index (χ0) is 39.4. The SMILES string of the molecule is C.C.CCCCc1nc2c(-c3ccc(N(c4ccccc4)c4ccccc4)cc3)c3nsnc3c(-c3ccc(N(c4ccccc4)c4ccccc4)cc3)c2n1CC(C)C. The number of anilines is 6. The molecule has 2 heterocycles. The monoisotopic (exact) mass is 806 g/mol. The van der Waals surface area contributed by atoms with E-state index in [4.69, 9.17) is 13.7 Å². The van der Waals surface area contributed by atoms with Crippen molar-refractivity contribution < 1.29 is 0 Å². The van der Waals surface area contributed by atoms with Gasteiger partial charge in [-0.3, -0.25) is 0 Å². The van der Waals surface area contributed by atoms with E-state index in [1.807, 2.05) is 0 Å². The number of aromatic nitrogens is 4. The summed E-state index contributed by atoms with van der Waals surface area (Å²) in [6, 6.07) is 60.0. The zero-order valence-corrected chi connectivity index (χ0v) is 34.0. The molecule has 6 nitrogen and oxygen atoms in total. The van der Waals surface area contributed by atoms with Crippen LogP contribution >= 0.6 is 11.7 Å². The Hall–Kier alpha value is -6.57. The first-order valence-electron chi connectivity index (χ1n) is 20.3. The molecule has 0 amide bonds. The van der Waals surface area contributed by atoms with Gasteiger partial charge in [-0.1, -0.05) is 139 Å². The van der Waals surface area contributed by atoms with Crippen molar-refractivity contribution in [1.82, 2.24) is 18.3 Å². The van der Waals surface area contributed by atoms with Crippen LogP contribution in [-0.4, -0.2) is 18.3 Å². The lowest BCUT2D eigenvalue weighted by atomic mass is 9.94. The van der Waals surface area contributed by atoms with E-state index < -0.39 is 0 Å². The van der Waals surface area contributed by atoms with Gasteiger partial charge in [-0.05, 0) is 96.3 Å². The summed E-state index contributed by atoms with van der Waals surface area (Å²) in [4.78, 5) is 10.1. The quantitative estimate of drug-likeness (QED) is 0.116. The molecule has 302 valence electrons. The summed E-state index contributed by atoms with van der Waals surface area (Å²) in [6.07, 6.45) is 3.09. The molecule has 0 bridgehead atoms. The molecule has 0 saturated carbocycles. The van der Waals surface area contributed by atoms with E-state index in [0.717, 1.165) is 110 Å². The summed E-state index contributed by atoms with van der Waals surface area (Å²) in [5, 5.41) is 0. The van der Waals surface area contributed by atoms with E-state index >= 15 is 0 Å². The van der Waals surface area contributed by atoms with Crippen LogP contribution in [0.5, 0.6) is 0 Å². The molecule has 7 aromatic carbocycles. The summed E-state index contributed by atoms with van der Waals surface area (Å²) in [5.41, 5.74) is 14.8. The summed E-state index contributed by atoms with van der Waals surface area (Å²) in [6.45, 7) is 7.70. The number of nitrogens with zero attached hydrogens (tertiary/aromatic N) is 6. The highest BCUT2D eigenvalue weighted by molar-refractivity contribution is 7.00. The van der Waals surface area contributed by atoms with Crippen LogP contribution in [0, 0.1) is 5.92 Å². The molecule has 0 fully saturated rings. The minimum absolute atomic E-state index is 0. The fourth-order valence-corrected chi connectivity index (χ4v) is 8.62. The average Bonchev–Trinajstić information content (AvgIpc) is 3.89. The molecule has 0 radical (unpaired) electrons. The van der Waals surface area contributed by atoms with Gasteiger partial charge in [0.15, 0.2) is 0 Å². The van der Waals surface area contributed by atoms with E-state index in [-0.39, 0.29) is 14.9 Å². The van der Waals surface area contributed by atoms with Gasteiger partial charge in [0.25, 0.3) is 0 Å². The third kappa shape index (κ3) is 8.05. The normalized spacial score (nSPS) is 11.1. The summed E-state index contributed by atoms with van der Waals surface area (Å²) >= 11 is 1.27. The van der Waals surface area contributed by atoms with E-state index in [9.17, 15) is 0 Å². The Morgan fingerprint density at radius 1 is 0.500 bits per heavy atom. The van der Waals surface area contributed by atoms with Gasteiger partial charge < -0.3 is 14.4 Å². The highest BCUT2D eigenvalue weighted by atomic mass is 32.1. The summed E-state index contributed by atoms with van der Waals surface area (Å²) in [5.74, 6) is 1.54. The second-order valence-electron chi connectivity index (χ2n) is 15.2. The highest BCUT2D eigenvalue weighted by Crippen LogP contribution is 2.45. The first-order valence-corrected chi connectivity index (χ1v) is 21.0. The molecule has 0 aliphatic heterocycles. The van der Waals surface area contributed by atoms with Gasteiger partial charge in [0.2, 0.25) is 0 Å². The van der Waals surface area contributed by atoms with Crippen molar-refractivity contribution in [3.63, 3.8) is 0 Å². The molecule has 0 aliphatic rings. The second-order valence-corrected chi connectivity index (χ2v) is 15.7. The van der Waals surface area contributed by atoms with Crippen molar-refractivity contribution in [1.29, 1.82) is 0 Å². The van der Waals surface area contributed by atoms with Gasteiger partial charge in [-0.2, -0.15) is 8.75 Å². The van der Waals surface area contributed by atoms with Crippen LogP contribution in [0.2, 0.25) is 0 Å². The fraction of sp³-hybridized carbons (Fsp3) is 0.189. The smallest absolute Gasteiger partial charge is 0.115 e. The molecule has 0 spiro atoms. The standard InChI is InChI=1S/C51H46N6S.2CH4/c1-4-5-26-45-52-50-46(37-27-31-43(32-28-37)56(39-18-10-6-11-19-39)40-20-12-7-13-21-40)48-49(54-58-53-48)47(51(50)55(45)35-36(2)3)38-29-33-44(34-30-38)57(41-22-14-8-15-23-41)42-24-16-9-17-25-42;;/h6-25,27-34,36H,4-5,26,35H2,1-3H3;2*1H4. The topological polar surface area (TPSA) is 50.1 Å². The van der Waals surface area contributed by atoms with Gasteiger partial charge >= 0.3 is 0 Å². The van der Waals surface area contributed by atoms with Crippen LogP contribution in [0.15, 0.2) is 170 Å². The molecule has 0 aliphatic carbocycles. The van der Waals surface area contributed by atoms with Crippen molar-refractivity contribution in [3.8, 4) is 22.3 Å². The van der Waals surface area contributed by atoms with E-state index in [0.29, 0.717) is 5.92 Å². The van der Waals surface area contributed by atoms with Gasteiger partial charge in [0, 0.05) is 58.2 Å². The number of fused-ring (bicyclic) bond motifs is 2. The maximum absolute atomic E-state index is 5.55. The molecule has 0 N–H and O–H groups in total. The molecule has 2 aromatic heterocycles. The molecular weight excluding hydrogens is 753 g/mol. The van der Waals surface area contributed by atoms with E-state index in [2.05, 4.69) is 205 Å². The second kappa shape index (κ2) is 18.6. The highest BCUT2D eigenvalue weighted by Gasteiger charge is 2.27. The number of benzene rings is 7. The molecule has 0 saturated heterocycles. The first-order chi connectivity index (χ1) is 28.6. The Bertz CT molecular complexity index is 2670. The van der Waals surface area contributed by atoms with Crippen molar-refractivity contribution in [2.24, 2.45) is 5.92 Å². The third-order valence-corrected chi connectivity index (χ3v) is 11.2. The molecule has 60 heavy (non-hydrogen) atoms. The van der Waals surface area contributed by atoms with Crippen LogP contribution in [0.4, 0.5) is 34.1 Å². The maximum atomic E-state index is 5.55. The van der Waals surface area contributed by atoms with Crippen LogP contribution < -0.4 is 9.80 Å². The van der Waals surface area contributed by atoms with Crippen LogP contribution in [0.3, 0.4) is 0 Å². The Morgan fingerprint density at radius 2 is 0.883 bits per heavy atom. The van der Waals surface area contributed by atoms with Crippen molar-refractivity contribution in [3.05, 3.63) is 176 Å². The predicted molar refractivity (Wildman–Crippen MR) is 258 cm³/mol. The van der Waals surface area contributed by atoms with E-state index in [1.165, 1.54) is 11.7 Å². The number of aryl methyl sites for hydroxylation is 1. The Morgan fingerprint density at radius 3 is 1.28 bits per heavy atom. The van der Waals surface area contributed by atoms with Gasteiger partial charge in [-0.15, -0.1) is 0 Å².